The van der Waals surface area contributed by atoms with Gasteiger partial charge < -0.3 is 0 Å². The summed E-state index contributed by atoms with van der Waals surface area (Å²) in [4.78, 5) is 0. The van der Waals surface area contributed by atoms with Gasteiger partial charge in [0.25, 0.3) is 0 Å². The van der Waals surface area contributed by atoms with Gasteiger partial charge in [0, 0.05) is 0 Å². The molecule has 90 valence electrons. The van der Waals surface area contributed by atoms with Crippen LogP contribution < -0.4 is 0 Å². The van der Waals surface area contributed by atoms with Gasteiger partial charge >= 0.3 is 114 Å². The van der Waals surface area contributed by atoms with E-state index in [1.165, 1.54) is 17.1 Å². The van der Waals surface area contributed by atoms with E-state index in [2.05, 4.69) is 36.8 Å². The van der Waals surface area contributed by atoms with Crippen LogP contribution in [0.4, 0.5) is 0 Å². The molecule has 1 aliphatic carbocycles. The molecule has 1 atom stereocenters. The molecule has 1 heterocycles. The van der Waals surface area contributed by atoms with Gasteiger partial charge in [0.2, 0.25) is 0 Å². The Balaban J connectivity index is 1.67. The van der Waals surface area contributed by atoms with Crippen LogP contribution in [0.25, 0.3) is 0 Å². The average molecular weight is 228 g/mol. The zero-order valence-electron chi connectivity index (χ0n) is 11.1. The van der Waals surface area contributed by atoms with Crippen LogP contribution in [-0.2, 0) is 9.47 Å². The Morgan fingerprint density at radius 1 is 1.41 bits per heavy atom. The first kappa shape index (κ1) is 13.4. The van der Waals surface area contributed by atoms with Crippen LogP contribution in [-0.4, -0.2) is 37.2 Å². The van der Waals surface area contributed by atoms with Crippen molar-refractivity contribution >= 4 is 17.7 Å². The van der Waals surface area contributed by atoms with Crippen LogP contribution in [0, 0.1) is 5.92 Å². The van der Waals surface area contributed by atoms with Crippen molar-refractivity contribution in [2.45, 2.75) is 45.3 Å². The van der Waals surface area contributed by atoms with E-state index in [-0.39, 0.29) is 6.29 Å². The quantitative estimate of drug-likeness (QED) is 0.673. The molecule has 0 saturated carbocycles. The first-order valence-electron chi connectivity index (χ1n) is 6.84. The molecule has 0 aromatic heterocycles. The Kier molecular flexibility index (Phi) is 5.37. The van der Waals surface area contributed by atoms with Crippen molar-refractivity contribution in [3.05, 3.63) is 22.0 Å². The van der Waals surface area contributed by atoms with E-state index in [1.54, 1.807) is 5.57 Å². The summed E-state index contributed by atoms with van der Waals surface area (Å²) >= 11 is 2.22. The Labute approximate surface area is 114 Å². The number of allylic oxidation sites excluding steroid dienone is 4. The van der Waals surface area contributed by atoms with Crippen LogP contribution in [0.2, 0.25) is 0 Å². The molecule has 0 aromatic carbocycles. The van der Waals surface area contributed by atoms with E-state index in [4.69, 9.17) is 9.47 Å². The van der Waals surface area contributed by atoms with Crippen molar-refractivity contribution in [1.29, 1.82) is 0 Å². The second-order valence-electron chi connectivity index (χ2n) is 5.30. The maximum absolute atomic E-state index is 5.57. The molecule has 0 spiro atoms. The summed E-state index contributed by atoms with van der Waals surface area (Å²) in [5, 5.41) is 0. The van der Waals surface area contributed by atoms with Gasteiger partial charge in [0.1, 0.15) is 0 Å². The fourth-order valence-electron chi connectivity index (χ4n) is 2.55. The van der Waals surface area contributed by atoms with Gasteiger partial charge in [-0.3, -0.25) is 0 Å². The predicted molar refractivity (Wildman–Crippen MR) is 69.9 cm³/mol. The van der Waals surface area contributed by atoms with E-state index in [0.717, 1.165) is 38.4 Å². The summed E-state index contributed by atoms with van der Waals surface area (Å²) in [6.45, 7) is 4.07. The van der Waals surface area contributed by atoms with Crippen molar-refractivity contribution in [2.24, 2.45) is 5.92 Å². The number of ether oxygens (including phenoxy) is 2. The molecule has 0 bridgehead atoms. The number of hydrogen-bond acceptors (Lipinski definition) is 2. The van der Waals surface area contributed by atoms with Gasteiger partial charge in [-0.1, -0.05) is 0 Å². The molecule has 3 heteroatoms. The van der Waals surface area contributed by atoms with Gasteiger partial charge in [0.05, 0.1) is 0 Å². The zero-order valence-corrected chi connectivity index (χ0v) is 11.1. The monoisotopic (exact) mass is 228 g/mol. The molecule has 1 unspecified atom stereocenters. The third kappa shape index (κ3) is 4.30. The van der Waals surface area contributed by atoms with Crippen LogP contribution in [0.5, 0.6) is 0 Å². The molecule has 2 aliphatic rings. The van der Waals surface area contributed by atoms with Gasteiger partial charge in [0.15, 0.2) is 0 Å². The van der Waals surface area contributed by atoms with Gasteiger partial charge in [-0.05, 0) is 0 Å². The van der Waals surface area contributed by atoms with E-state index >= 15 is 0 Å². The van der Waals surface area contributed by atoms with Crippen LogP contribution in [0.15, 0.2) is 22.0 Å². The van der Waals surface area contributed by atoms with E-state index in [0.29, 0.717) is 0 Å². The normalized spacial score (nSPS) is 23.5. The molecule has 2 rings (SSSR count). The Morgan fingerprint density at radius 2 is 2.18 bits per heavy atom. The fourth-order valence-corrected chi connectivity index (χ4v) is 2.55. The molecule has 1 fully saturated rings. The fraction of sp³-hybridized carbons (Fsp3) is 0.714. The molecule has 0 radical (unpaired) electrons. The second kappa shape index (κ2) is 6.80. The summed E-state index contributed by atoms with van der Waals surface area (Å²) in [5.74, 6) is 0.731. The summed E-state index contributed by atoms with van der Waals surface area (Å²) in [7, 11) is 0. The zero-order chi connectivity index (χ0) is 12.1. The molecule has 0 amide bonds. The van der Waals surface area contributed by atoms with Crippen molar-refractivity contribution in [1.82, 2.24) is 0 Å². The van der Waals surface area contributed by atoms with Gasteiger partial charge in [-0.15, -0.1) is 0 Å². The Morgan fingerprint density at radius 3 is 2.82 bits per heavy atom. The number of hydrogen-bond donors (Lipinski definition) is 0. The summed E-state index contributed by atoms with van der Waals surface area (Å²) in [6, 6.07) is 0. The van der Waals surface area contributed by atoms with E-state index in [1.807, 2.05) is 0 Å². The minimum atomic E-state index is 0.0583. The summed E-state index contributed by atoms with van der Waals surface area (Å²) in [6.07, 6.45) is 10.2. The molecular formula is C14H21LiO2. The Hall–Kier alpha value is -0.00260. The van der Waals surface area contributed by atoms with Crippen molar-refractivity contribution < 1.29 is 9.47 Å². The van der Waals surface area contributed by atoms with E-state index in [9.17, 15) is 0 Å². The van der Waals surface area contributed by atoms with Crippen LogP contribution in [0.1, 0.15) is 39.0 Å². The standard InChI is InChI=1S/C14H21O2.Li/c1-12(11-13-5-2-3-6-13)7-8-14-15-9-4-10-16-14;/h2-3,12,14H,4-5,7-11H2,1H3;. The van der Waals surface area contributed by atoms with Crippen LogP contribution >= 0.6 is 0 Å². The topological polar surface area (TPSA) is 18.5 Å². The third-order valence-electron chi connectivity index (χ3n) is 3.68. The van der Waals surface area contributed by atoms with Crippen molar-refractivity contribution in [3.63, 3.8) is 0 Å². The van der Waals surface area contributed by atoms with Crippen LogP contribution in [0.3, 0.4) is 0 Å². The molecule has 2 nitrogen and oxygen atoms in total. The first-order chi connectivity index (χ1) is 8.25. The molecule has 17 heavy (non-hydrogen) atoms. The minimum absolute atomic E-state index is 0.0583. The molecule has 0 aromatic rings. The molecule has 1 aliphatic heterocycles. The predicted octanol–water partition coefficient (Wildman–Crippen LogP) is 2.94. The van der Waals surface area contributed by atoms with Gasteiger partial charge in [-0.25, -0.2) is 0 Å². The molecule has 0 N–H and O–H groups in total. The average Bonchev–Trinajstić information content (AvgIpc) is 2.74. The molecule has 1 saturated heterocycles. The second-order valence-corrected chi connectivity index (χ2v) is 5.30. The van der Waals surface area contributed by atoms with E-state index < -0.39 is 0 Å². The summed E-state index contributed by atoms with van der Waals surface area (Å²) in [5.41, 5.74) is 1.61. The first-order valence-corrected chi connectivity index (χ1v) is 6.84. The number of rotatable bonds is 5. The third-order valence-corrected chi connectivity index (χ3v) is 3.68. The molecular weight excluding hydrogens is 207 g/mol. The Bertz CT molecular complexity index is 303. The van der Waals surface area contributed by atoms with Crippen molar-refractivity contribution in [3.8, 4) is 0 Å². The maximum atomic E-state index is 5.57. The van der Waals surface area contributed by atoms with Gasteiger partial charge in [-0.2, -0.15) is 0 Å². The SMILES string of the molecule is [Li][C]1=C(CC(C)CCC2OCCCO2)CC=C1. The summed E-state index contributed by atoms with van der Waals surface area (Å²) < 4.78 is 12.6. The van der Waals surface area contributed by atoms with Crippen molar-refractivity contribution in [2.75, 3.05) is 13.2 Å².